The standard InChI is InChI=1S/C19H28N2O3.ClH/c1-3-23-17-9-8-13(10-18(17)24-4-2)19(22)21-11-14-6-5-7-16(20)15(14)12-21;/h8-10,14-16H,3-7,11-12,20H2,1-2H3;1H. The quantitative estimate of drug-likeness (QED) is 0.867. The molecule has 1 saturated carbocycles. The largest absolute Gasteiger partial charge is 0.490 e. The van der Waals surface area contributed by atoms with Crippen LogP contribution in [-0.4, -0.2) is 43.2 Å². The number of carbonyl (C=O) groups is 1. The second kappa shape index (κ2) is 8.77. The van der Waals surface area contributed by atoms with Crippen LogP contribution in [0.3, 0.4) is 0 Å². The van der Waals surface area contributed by atoms with Crippen molar-refractivity contribution in [3.63, 3.8) is 0 Å². The highest BCUT2D eigenvalue weighted by molar-refractivity contribution is 5.95. The predicted molar refractivity (Wildman–Crippen MR) is 101 cm³/mol. The van der Waals surface area contributed by atoms with Crippen molar-refractivity contribution < 1.29 is 14.3 Å². The Balaban J connectivity index is 0.00000225. The van der Waals surface area contributed by atoms with Gasteiger partial charge in [0.15, 0.2) is 11.5 Å². The molecule has 1 aromatic rings. The summed E-state index contributed by atoms with van der Waals surface area (Å²) in [5, 5.41) is 0. The normalized spacial score (nSPS) is 25.1. The number of hydrogen-bond acceptors (Lipinski definition) is 4. The van der Waals surface area contributed by atoms with Crippen molar-refractivity contribution in [1.29, 1.82) is 0 Å². The number of ether oxygens (including phenoxy) is 2. The first kappa shape index (κ1) is 19.9. The number of nitrogens with zero attached hydrogens (tertiary/aromatic N) is 1. The van der Waals surface area contributed by atoms with Crippen molar-refractivity contribution in [1.82, 2.24) is 4.90 Å². The number of rotatable bonds is 5. The number of carbonyl (C=O) groups excluding carboxylic acids is 1. The molecule has 0 radical (unpaired) electrons. The molecule has 1 heterocycles. The highest BCUT2D eigenvalue weighted by Gasteiger charge is 2.40. The van der Waals surface area contributed by atoms with Crippen LogP contribution in [0.5, 0.6) is 11.5 Å². The van der Waals surface area contributed by atoms with Crippen molar-refractivity contribution in [3.05, 3.63) is 23.8 Å². The highest BCUT2D eigenvalue weighted by atomic mass is 35.5. The van der Waals surface area contributed by atoms with E-state index in [0.717, 1.165) is 19.5 Å². The molecule has 6 heteroatoms. The first-order chi connectivity index (χ1) is 11.6. The van der Waals surface area contributed by atoms with Gasteiger partial charge in [-0.2, -0.15) is 0 Å². The summed E-state index contributed by atoms with van der Waals surface area (Å²) in [4.78, 5) is 14.9. The first-order valence-electron chi connectivity index (χ1n) is 9.08. The van der Waals surface area contributed by atoms with E-state index in [4.69, 9.17) is 15.2 Å². The average molecular weight is 369 g/mol. The Bertz CT molecular complexity index is 596. The first-order valence-corrected chi connectivity index (χ1v) is 9.08. The van der Waals surface area contributed by atoms with E-state index in [-0.39, 0.29) is 24.4 Å². The molecule has 3 unspecified atom stereocenters. The lowest BCUT2D eigenvalue weighted by Gasteiger charge is -2.29. The van der Waals surface area contributed by atoms with E-state index in [1.807, 2.05) is 30.9 Å². The maximum Gasteiger partial charge on any atom is 0.254 e. The molecule has 0 aromatic heterocycles. The molecular formula is C19H29ClN2O3. The Morgan fingerprint density at radius 1 is 1.16 bits per heavy atom. The summed E-state index contributed by atoms with van der Waals surface area (Å²) in [7, 11) is 0. The molecule has 1 saturated heterocycles. The van der Waals surface area contributed by atoms with Gasteiger partial charge in [-0.25, -0.2) is 0 Å². The molecule has 2 N–H and O–H groups in total. The van der Waals surface area contributed by atoms with E-state index >= 15 is 0 Å². The van der Waals surface area contributed by atoms with Gasteiger partial charge in [-0.15, -0.1) is 12.4 Å². The summed E-state index contributed by atoms with van der Waals surface area (Å²) in [6, 6.07) is 5.70. The molecule has 5 nitrogen and oxygen atoms in total. The van der Waals surface area contributed by atoms with Crippen LogP contribution in [0.4, 0.5) is 0 Å². The number of amides is 1. The molecular weight excluding hydrogens is 340 g/mol. The minimum Gasteiger partial charge on any atom is -0.490 e. The van der Waals surface area contributed by atoms with E-state index in [1.54, 1.807) is 6.07 Å². The highest BCUT2D eigenvalue weighted by Crippen LogP contribution is 2.36. The molecule has 1 amide bonds. The lowest BCUT2D eigenvalue weighted by atomic mass is 9.78. The fourth-order valence-corrected chi connectivity index (χ4v) is 4.05. The fraction of sp³-hybridized carbons (Fsp3) is 0.632. The summed E-state index contributed by atoms with van der Waals surface area (Å²) in [5.41, 5.74) is 6.92. The second-order valence-electron chi connectivity index (χ2n) is 6.76. The van der Waals surface area contributed by atoms with Gasteiger partial charge in [0.2, 0.25) is 0 Å². The molecule has 0 spiro atoms. The van der Waals surface area contributed by atoms with Crippen molar-refractivity contribution in [2.24, 2.45) is 17.6 Å². The van der Waals surface area contributed by atoms with Crippen LogP contribution >= 0.6 is 12.4 Å². The van der Waals surface area contributed by atoms with Gasteiger partial charge in [-0.05, 0) is 56.7 Å². The van der Waals surface area contributed by atoms with Gasteiger partial charge in [0.25, 0.3) is 5.91 Å². The summed E-state index contributed by atoms with van der Waals surface area (Å²) < 4.78 is 11.2. The van der Waals surface area contributed by atoms with E-state index in [0.29, 0.717) is 42.1 Å². The molecule has 2 fully saturated rings. The smallest absolute Gasteiger partial charge is 0.254 e. The van der Waals surface area contributed by atoms with Gasteiger partial charge in [0.05, 0.1) is 13.2 Å². The van der Waals surface area contributed by atoms with Gasteiger partial charge in [0.1, 0.15) is 0 Å². The second-order valence-corrected chi connectivity index (χ2v) is 6.76. The van der Waals surface area contributed by atoms with Crippen LogP contribution < -0.4 is 15.2 Å². The maximum atomic E-state index is 12.9. The van der Waals surface area contributed by atoms with Crippen LogP contribution in [0.25, 0.3) is 0 Å². The van der Waals surface area contributed by atoms with Gasteiger partial charge in [-0.1, -0.05) is 6.42 Å². The Kier molecular flexibility index (Phi) is 6.96. The van der Waals surface area contributed by atoms with Crippen LogP contribution in [0.15, 0.2) is 18.2 Å². The molecule has 25 heavy (non-hydrogen) atoms. The zero-order valence-electron chi connectivity index (χ0n) is 15.1. The third kappa shape index (κ3) is 4.21. The molecule has 3 atom stereocenters. The zero-order chi connectivity index (χ0) is 17.1. The summed E-state index contributed by atoms with van der Waals surface area (Å²) in [6.07, 6.45) is 3.46. The summed E-state index contributed by atoms with van der Waals surface area (Å²) >= 11 is 0. The lowest BCUT2D eigenvalue weighted by Crippen LogP contribution is -2.38. The zero-order valence-corrected chi connectivity index (χ0v) is 15.9. The minimum absolute atomic E-state index is 0. The van der Waals surface area contributed by atoms with E-state index in [2.05, 4.69) is 0 Å². The van der Waals surface area contributed by atoms with E-state index in [9.17, 15) is 4.79 Å². The SMILES string of the molecule is CCOc1ccc(C(=O)N2CC3CCCC(N)C3C2)cc1OCC.Cl. The number of nitrogens with two attached hydrogens (primary N) is 1. The number of hydrogen-bond donors (Lipinski definition) is 1. The van der Waals surface area contributed by atoms with Crippen molar-refractivity contribution >= 4 is 18.3 Å². The Labute approximate surface area is 156 Å². The number of halogens is 1. The Hall–Kier alpha value is -1.46. The van der Waals surface area contributed by atoms with Crippen LogP contribution in [0, 0.1) is 11.8 Å². The maximum absolute atomic E-state index is 12.9. The number of likely N-dealkylation sites (tertiary alicyclic amines) is 1. The van der Waals surface area contributed by atoms with E-state index in [1.165, 1.54) is 12.8 Å². The average Bonchev–Trinajstić information content (AvgIpc) is 3.02. The third-order valence-electron chi connectivity index (χ3n) is 5.23. The molecule has 1 aliphatic carbocycles. The third-order valence-corrected chi connectivity index (χ3v) is 5.23. The van der Waals surface area contributed by atoms with Gasteiger partial charge in [0, 0.05) is 24.7 Å². The lowest BCUT2D eigenvalue weighted by molar-refractivity contribution is 0.0783. The van der Waals surface area contributed by atoms with Gasteiger partial charge in [-0.3, -0.25) is 4.79 Å². The minimum atomic E-state index is 0. The molecule has 3 rings (SSSR count). The summed E-state index contributed by atoms with van der Waals surface area (Å²) in [6.45, 7) is 6.58. The summed E-state index contributed by atoms with van der Waals surface area (Å²) in [5.74, 6) is 2.41. The molecule has 140 valence electrons. The van der Waals surface area contributed by atoms with Gasteiger partial charge >= 0.3 is 0 Å². The topological polar surface area (TPSA) is 64.8 Å². The molecule has 1 aliphatic heterocycles. The van der Waals surface area contributed by atoms with Crippen LogP contribution in [-0.2, 0) is 0 Å². The monoisotopic (exact) mass is 368 g/mol. The number of benzene rings is 1. The van der Waals surface area contributed by atoms with E-state index < -0.39 is 0 Å². The Morgan fingerprint density at radius 3 is 2.56 bits per heavy atom. The predicted octanol–water partition coefficient (Wildman–Crippen LogP) is 3.11. The van der Waals surface area contributed by atoms with Gasteiger partial charge < -0.3 is 20.1 Å². The molecule has 0 bridgehead atoms. The van der Waals surface area contributed by atoms with Crippen molar-refractivity contribution in [2.45, 2.75) is 39.2 Å². The van der Waals surface area contributed by atoms with Crippen LogP contribution in [0.2, 0.25) is 0 Å². The molecule has 1 aromatic carbocycles. The Morgan fingerprint density at radius 2 is 1.88 bits per heavy atom. The molecule has 2 aliphatic rings. The van der Waals surface area contributed by atoms with Crippen molar-refractivity contribution in [3.8, 4) is 11.5 Å². The fourth-order valence-electron chi connectivity index (χ4n) is 4.05. The van der Waals surface area contributed by atoms with Crippen molar-refractivity contribution in [2.75, 3.05) is 26.3 Å². The van der Waals surface area contributed by atoms with Crippen LogP contribution in [0.1, 0.15) is 43.5 Å². The number of fused-ring (bicyclic) bond motifs is 1.